The number of nitrogens with one attached hydrogen (secondary N) is 1. The van der Waals surface area contributed by atoms with Crippen LogP contribution in [0, 0.1) is 13.8 Å². The van der Waals surface area contributed by atoms with Gasteiger partial charge in [0.2, 0.25) is 21.8 Å². The second-order valence-electron chi connectivity index (χ2n) is 10.1. The molecule has 8 heteroatoms. The fraction of sp³-hybridized carbons (Fsp3) is 0.355. The van der Waals surface area contributed by atoms with E-state index in [-0.39, 0.29) is 23.4 Å². The maximum Gasteiger partial charge on any atom is 0.243 e. The lowest BCUT2D eigenvalue weighted by atomic mass is 10.0. The topological polar surface area (TPSA) is 86.8 Å². The van der Waals surface area contributed by atoms with Crippen molar-refractivity contribution in [1.82, 2.24) is 14.5 Å². The van der Waals surface area contributed by atoms with Crippen molar-refractivity contribution in [2.45, 2.75) is 64.1 Å². The Balaban J connectivity index is 1.97. The summed E-state index contributed by atoms with van der Waals surface area (Å²) in [5.41, 5.74) is 3.78. The Morgan fingerprint density at radius 3 is 1.97 bits per heavy atom. The molecule has 0 aromatic heterocycles. The number of hydrogen-bond acceptors (Lipinski definition) is 4. The quantitative estimate of drug-likeness (QED) is 0.361. The van der Waals surface area contributed by atoms with Crippen LogP contribution in [-0.4, -0.2) is 55.1 Å². The Bertz CT molecular complexity index is 1340. The molecule has 0 saturated carbocycles. The minimum atomic E-state index is -3.91. The average molecular weight is 550 g/mol. The molecule has 0 saturated heterocycles. The molecule has 0 fully saturated rings. The number of nitrogens with zero attached hydrogens (tertiary/aromatic N) is 2. The molecule has 2 amide bonds. The fourth-order valence-electron chi connectivity index (χ4n) is 4.14. The zero-order valence-corrected chi connectivity index (χ0v) is 24.2. The van der Waals surface area contributed by atoms with Crippen molar-refractivity contribution in [3.63, 3.8) is 0 Å². The van der Waals surface area contributed by atoms with Crippen LogP contribution in [0.1, 0.15) is 42.5 Å². The minimum absolute atomic E-state index is 0.0725. The van der Waals surface area contributed by atoms with Crippen molar-refractivity contribution in [3.8, 4) is 0 Å². The number of carbonyl (C=O) groups is 2. The molecule has 3 rings (SSSR count). The number of rotatable bonds is 12. The van der Waals surface area contributed by atoms with Gasteiger partial charge in [0.1, 0.15) is 6.04 Å². The number of sulfonamides is 1. The van der Waals surface area contributed by atoms with Crippen molar-refractivity contribution in [2.24, 2.45) is 0 Å². The second kappa shape index (κ2) is 13.5. The van der Waals surface area contributed by atoms with Gasteiger partial charge in [-0.05, 0) is 50.5 Å². The Morgan fingerprint density at radius 1 is 0.846 bits per heavy atom. The molecule has 2 atom stereocenters. The normalized spacial score (nSPS) is 13.1. The third-order valence-electron chi connectivity index (χ3n) is 6.83. The van der Waals surface area contributed by atoms with E-state index in [1.165, 1.54) is 24.1 Å². The molecule has 3 aromatic carbocycles. The predicted molar refractivity (Wildman–Crippen MR) is 155 cm³/mol. The standard InChI is InChI=1S/C31H39N3O4S/c1-6-25(4)32-31(36)29(20-26-10-8-7-9-11-26)34(21-27-16-12-23(2)13-17-27)30(35)22-33(5)39(37,38)28-18-14-24(3)15-19-28/h7-19,25,29H,6,20-22H2,1-5H3,(H,32,36)/t25-,29+/m1/s1. The lowest BCUT2D eigenvalue weighted by molar-refractivity contribution is -0.141. The highest BCUT2D eigenvalue weighted by atomic mass is 32.2. The van der Waals surface area contributed by atoms with Crippen LogP contribution in [0.4, 0.5) is 0 Å². The van der Waals surface area contributed by atoms with E-state index in [1.54, 1.807) is 12.1 Å². The van der Waals surface area contributed by atoms with Crippen molar-refractivity contribution < 1.29 is 18.0 Å². The first-order valence-electron chi connectivity index (χ1n) is 13.2. The van der Waals surface area contributed by atoms with Gasteiger partial charge in [-0.15, -0.1) is 0 Å². The van der Waals surface area contributed by atoms with Gasteiger partial charge < -0.3 is 10.2 Å². The van der Waals surface area contributed by atoms with Crippen LogP contribution in [0.15, 0.2) is 83.8 Å². The maximum atomic E-state index is 13.9. The molecule has 0 aliphatic heterocycles. The Labute approximate surface area is 232 Å². The summed E-state index contributed by atoms with van der Waals surface area (Å²) in [4.78, 5) is 29.1. The van der Waals surface area contributed by atoms with E-state index >= 15 is 0 Å². The maximum absolute atomic E-state index is 13.9. The van der Waals surface area contributed by atoms with Crippen molar-refractivity contribution in [2.75, 3.05) is 13.6 Å². The van der Waals surface area contributed by atoms with Crippen LogP contribution in [0.3, 0.4) is 0 Å². The Morgan fingerprint density at radius 2 is 1.41 bits per heavy atom. The molecule has 0 radical (unpaired) electrons. The third kappa shape index (κ3) is 8.25. The molecule has 0 aliphatic rings. The van der Waals surface area contributed by atoms with Gasteiger partial charge in [0.25, 0.3) is 0 Å². The highest BCUT2D eigenvalue weighted by Gasteiger charge is 2.33. The van der Waals surface area contributed by atoms with Crippen molar-refractivity contribution in [3.05, 3.63) is 101 Å². The summed E-state index contributed by atoms with van der Waals surface area (Å²) in [7, 11) is -2.51. The minimum Gasteiger partial charge on any atom is -0.352 e. The highest BCUT2D eigenvalue weighted by Crippen LogP contribution is 2.19. The first-order chi connectivity index (χ1) is 18.5. The van der Waals surface area contributed by atoms with Crippen LogP contribution in [0.25, 0.3) is 0 Å². The predicted octanol–water partition coefficient (Wildman–Crippen LogP) is 4.48. The molecule has 7 nitrogen and oxygen atoms in total. The van der Waals surface area contributed by atoms with Crippen LogP contribution >= 0.6 is 0 Å². The summed E-state index contributed by atoms with van der Waals surface area (Å²) in [6.07, 6.45) is 1.04. The molecule has 0 bridgehead atoms. The highest BCUT2D eigenvalue weighted by molar-refractivity contribution is 7.89. The summed E-state index contributed by atoms with van der Waals surface area (Å²) >= 11 is 0. The van der Waals surface area contributed by atoms with Gasteiger partial charge >= 0.3 is 0 Å². The molecule has 0 unspecified atom stereocenters. The molecule has 3 aromatic rings. The monoisotopic (exact) mass is 549 g/mol. The Hall–Kier alpha value is -3.49. The summed E-state index contributed by atoms with van der Waals surface area (Å²) < 4.78 is 27.6. The van der Waals surface area contributed by atoms with Crippen LogP contribution < -0.4 is 5.32 Å². The molecule has 0 heterocycles. The first-order valence-corrected chi connectivity index (χ1v) is 14.7. The van der Waals surface area contributed by atoms with Gasteiger partial charge in [-0.1, -0.05) is 84.8 Å². The summed E-state index contributed by atoms with van der Waals surface area (Å²) in [5, 5.41) is 3.03. The lowest BCUT2D eigenvalue weighted by Crippen LogP contribution is -2.54. The van der Waals surface area contributed by atoms with Crippen molar-refractivity contribution >= 4 is 21.8 Å². The van der Waals surface area contributed by atoms with Gasteiger partial charge in [-0.2, -0.15) is 4.31 Å². The molecule has 39 heavy (non-hydrogen) atoms. The van der Waals surface area contributed by atoms with Gasteiger partial charge in [-0.3, -0.25) is 9.59 Å². The number of likely N-dealkylation sites (N-methyl/N-ethyl adjacent to an activating group) is 1. The van der Waals surface area contributed by atoms with E-state index in [0.29, 0.717) is 6.42 Å². The molecule has 1 N–H and O–H groups in total. The lowest BCUT2D eigenvalue weighted by Gasteiger charge is -2.33. The van der Waals surface area contributed by atoms with Crippen LogP contribution in [-0.2, 0) is 32.6 Å². The van der Waals surface area contributed by atoms with Gasteiger partial charge in [0, 0.05) is 26.1 Å². The van der Waals surface area contributed by atoms with Crippen LogP contribution in [0.2, 0.25) is 0 Å². The fourth-order valence-corrected chi connectivity index (χ4v) is 5.26. The smallest absolute Gasteiger partial charge is 0.243 e. The summed E-state index contributed by atoms with van der Waals surface area (Å²) in [5.74, 6) is -0.716. The number of carbonyl (C=O) groups excluding carboxylic acids is 2. The molecule has 0 spiro atoms. The van der Waals surface area contributed by atoms with E-state index in [4.69, 9.17) is 0 Å². The van der Waals surface area contributed by atoms with Crippen molar-refractivity contribution in [1.29, 1.82) is 0 Å². The summed E-state index contributed by atoms with van der Waals surface area (Å²) in [6.45, 7) is 7.54. The Kier molecular flexibility index (Phi) is 10.4. The van der Waals surface area contributed by atoms with Gasteiger partial charge in [0.05, 0.1) is 11.4 Å². The largest absolute Gasteiger partial charge is 0.352 e. The third-order valence-corrected chi connectivity index (χ3v) is 8.65. The number of aryl methyl sites for hydroxylation is 2. The SMILES string of the molecule is CC[C@@H](C)NC(=O)[C@H](Cc1ccccc1)N(Cc1ccc(C)cc1)C(=O)CN(C)S(=O)(=O)c1ccc(C)cc1. The van der Waals surface area contributed by atoms with Gasteiger partial charge in [-0.25, -0.2) is 8.42 Å². The molecule has 0 aliphatic carbocycles. The number of benzene rings is 3. The van der Waals surface area contributed by atoms with Gasteiger partial charge in [0.15, 0.2) is 0 Å². The molecular formula is C31H39N3O4S. The zero-order valence-electron chi connectivity index (χ0n) is 23.4. The zero-order chi connectivity index (χ0) is 28.6. The van der Waals surface area contributed by atoms with E-state index < -0.39 is 28.5 Å². The first kappa shape index (κ1) is 30.1. The molecule has 208 valence electrons. The van der Waals surface area contributed by atoms with E-state index in [0.717, 1.165) is 33.0 Å². The average Bonchev–Trinajstić information content (AvgIpc) is 2.92. The molecular weight excluding hydrogens is 510 g/mol. The number of hydrogen-bond donors (Lipinski definition) is 1. The van der Waals surface area contributed by atoms with E-state index in [2.05, 4.69) is 5.32 Å². The second-order valence-corrected chi connectivity index (χ2v) is 12.1. The number of amides is 2. The summed E-state index contributed by atoms with van der Waals surface area (Å²) in [6, 6.07) is 22.9. The van der Waals surface area contributed by atoms with E-state index in [9.17, 15) is 18.0 Å². The van der Waals surface area contributed by atoms with Crippen LogP contribution in [0.5, 0.6) is 0 Å². The van der Waals surface area contributed by atoms with E-state index in [1.807, 2.05) is 82.3 Å².